The fraction of sp³-hybridized carbons (Fsp3) is 0.389. The van der Waals surface area contributed by atoms with Gasteiger partial charge >= 0.3 is 5.97 Å². The first-order valence-corrected chi connectivity index (χ1v) is 9.93. The molecule has 0 fully saturated rings. The monoisotopic (exact) mass is 409 g/mol. The van der Waals surface area contributed by atoms with Gasteiger partial charge in [0.05, 0.1) is 22.5 Å². The highest BCUT2D eigenvalue weighted by Gasteiger charge is 2.44. The molecule has 0 radical (unpaired) electrons. The molecule has 0 aromatic heterocycles. The van der Waals surface area contributed by atoms with Crippen LogP contribution in [0, 0.1) is 15.5 Å². The molecule has 1 aliphatic carbocycles. The maximum atomic E-state index is 13.1. The van der Waals surface area contributed by atoms with Crippen LogP contribution >= 0.6 is 0 Å². The summed E-state index contributed by atoms with van der Waals surface area (Å²) in [4.78, 5) is 47.5. The fourth-order valence-corrected chi connectivity index (χ4v) is 4.44. The quantitative estimate of drug-likeness (QED) is 0.229. The lowest BCUT2D eigenvalue weighted by atomic mass is 9.74. The molecule has 0 unspecified atom stereocenters. The number of hydrogen-bond donors (Lipinski definition) is 0. The molecule has 0 spiro atoms. The van der Waals surface area contributed by atoms with Crippen molar-refractivity contribution in [1.82, 2.24) is 0 Å². The molecule has 1 aromatic carbocycles. The van der Waals surface area contributed by atoms with Crippen molar-refractivity contribution in [3.63, 3.8) is 0 Å². The summed E-state index contributed by atoms with van der Waals surface area (Å²) in [6.07, 6.45) is 0.00893. The van der Waals surface area contributed by atoms with Crippen molar-refractivity contribution >= 4 is 33.1 Å². The molecule has 0 N–H and O–H groups in total. The molecule has 0 atom stereocenters. The van der Waals surface area contributed by atoms with Gasteiger partial charge in [0, 0.05) is 11.5 Å². The molecule has 0 saturated carbocycles. The Balaban J connectivity index is 2.73. The first-order chi connectivity index (χ1) is 12.9. The van der Waals surface area contributed by atoms with Crippen LogP contribution in [0.5, 0.6) is 0 Å². The van der Waals surface area contributed by atoms with Gasteiger partial charge in [0.15, 0.2) is 21.4 Å². The second kappa shape index (κ2) is 7.63. The third-order valence-electron chi connectivity index (χ3n) is 4.58. The molecule has 0 amide bonds. The average molecular weight is 409 g/mol. The van der Waals surface area contributed by atoms with E-state index in [1.54, 1.807) is 13.8 Å². The van der Waals surface area contributed by atoms with Crippen LogP contribution in [0.3, 0.4) is 0 Å². The van der Waals surface area contributed by atoms with Gasteiger partial charge in [0.2, 0.25) is 5.78 Å². The number of ketones is 2. The summed E-state index contributed by atoms with van der Waals surface area (Å²) in [7, 11) is -3.30. The van der Waals surface area contributed by atoms with E-state index in [0.717, 1.165) is 19.2 Å². The highest BCUT2D eigenvalue weighted by molar-refractivity contribution is 7.96. The number of ether oxygens (including phenoxy) is 1. The van der Waals surface area contributed by atoms with Crippen LogP contribution in [-0.4, -0.2) is 43.7 Å². The Labute approximate surface area is 161 Å². The van der Waals surface area contributed by atoms with Gasteiger partial charge in [-0.25, -0.2) is 8.42 Å². The smallest absolute Gasteiger partial charge is 0.321 e. The minimum absolute atomic E-state index is 0.139. The van der Waals surface area contributed by atoms with Crippen LogP contribution in [0.2, 0.25) is 0 Å². The van der Waals surface area contributed by atoms with E-state index in [1.165, 1.54) is 12.1 Å². The molecular formula is C18H19NO8S. The number of hydrogen-bond acceptors (Lipinski definition) is 8. The number of nitro groups is 1. The zero-order chi connectivity index (χ0) is 21.3. The van der Waals surface area contributed by atoms with Gasteiger partial charge in [-0.05, 0) is 18.9 Å². The predicted molar refractivity (Wildman–Crippen MR) is 98.3 cm³/mol. The van der Waals surface area contributed by atoms with Gasteiger partial charge in [0.1, 0.15) is 5.56 Å². The number of methoxy groups -OCH3 is 1. The van der Waals surface area contributed by atoms with E-state index in [0.29, 0.717) is 0 Å². The Bertz CT molecular complexity index is 1000. The molecule has 0 saturated heterocycles. The second-order valence-electron chi connectivity index (χ2n) is 6.95. The maximum absolute atomic E-state index is 13.1. The van der Waals surface area contributed by atoms with Gasteiger partial charge in [-0.15, -0.1) is 0 Å². The van der Waals surface area contributed by atoms with Crippen molar-refractivity contribution in [3.05, 3.63) is 50.4 Å². The highest BCUT2D eigenvalue weighted by Crippen LogP contribution is 2.40. The van der Waals surface area contributed by atoms with Crippen LogP contribution < -0.4 is 0 Å². The molecular weight excluding hydrogens is 390 g/mol. The summed E-state index contributed by atoms with van der Waals surface area (Å²) in [6.45, 7) is 3.12. The number of rotatable bonds is 6. The summed E-state index contributed by atoms with van der Waals surface area (Å²) in [5.41, 5.74) is -2.59. The first kappa shape index (κ1) is 21.4. The van der Waals surface area contributed by atoms with Crippen molar-refractivity contribution in [2.75, 3.05) is 12.9 Å². The molecule has 10 heteroatoms. The number of para-hydroxylation sites is 1. The van der Waals surface area contributed by atoms with E-state index in [-0.39, 0.29) is 18.4 Å². The number of allylic oxidation sites excluding steroid dienone is 2. The summed E-state index contributed by atoms with van der Waals surface area (Å²) in [5.74, 6) is -3.85. The van der Waals surface area contributed by atoms with E-state index in [2.05, 4.69) is 4.74 Å². The molecule has 0 heterocycles. The molecule has 9 nitrogen and oxygen atoms in total. The van der Waals surface area contributed by atoms with Crippen molar-refractivity contribution in [3.8, 4) is 0 Å². The Kier molecular flexibility index (Phi) is 5.83. The molecule has 1 aromatic rings. The van der Waals surface area contributed by atoms with Gasteiger partial charge in [-0.1, -0.05) is 26.0 Å². The zero-order valence-corrected chi connectivity index (χ0v) is 16.4. The van der Waals surface area contributed by atoms with E-state index in [4.69, 9.17) is 0 Å². The summed E-state index contributed by atoms with van der Waals surface area (Å²) in [5, 5.41) is 11.3. The number of esters is 1. The van der Waals surface area contributed by atoms with E-state index in [1.807, 2.05) is 0 Å². The summed E-state index contributed by atoms with van der Waals surface area (Å²) < 4.78 is 29.7. The Hall–Kier alpha value is -2.88. The molecule has 2 rings (SSSR count). The predicted octanol–water partition coefficient (Wildman–Crippen LogP) is 2.01. The number of sulfone groups is 1. The van der Waals surface area contributed by atoms with Crippen LogP contribution in [0.1, 0.15) is 37.0 Å². The topological polar surface area (TPSA) is 138 Å². The van der Waals surface area contributed by atoms with Crippen LogP contribution in [0.25, 0.3) is 0 Å². The molecule has 150 valence electrons. The van der Waals surface area contributed by atoms with E-state index in [9.17, 15) is 32.9 Å². The lowest BCUT2D eigenvalue weighted by molar-refractivity contribution is -0.385. The van der Waals surface area contributed by atoms with Gasteiger partial charge < -0.3 is 4.74 Å². The molecule has 0 aliphatic heterocycles. The number of carbonyl (C=O) groups is 3. The number of nitrogens with zero attached hydrogens (tertiary/aromatic N) is 1. The fourth-order valence-electron chi connectivity index (χ4n) is 2.93. The Morgan fingerprint density at radius 2 is 1.86 bits per heavy atom. The SMILES string of the molecule is COC(=O)CS(=O)(=O)C1=C(C(=O)c2ccccc2[N+](=O)[O-])C(=O)C(C)(C)CC1. The Morgan fingerprint density at radius 1 is 1.25 bits per heavy atom. The standard InChI is InChI=1S/C18H19NO8S/c1-18(2)9-8-13(28(25,26)10-14(20)27-3)15(17(18)22)16(21)11-6-4-5-7-12(11)19(23)24/h4-7H,8-10H2,1-3H3. The van der Waals surface area contributed by atoms with Gasteiger partial charge in [0.25, 0.3) is 5.69 Å². The molecule has 28 heavy (non-hydrogen) atoms. The normalized spacial score (nSPS) is 16.6. The van der Waals surface area contributed by atoms with Crippen LogP contribution in [-0.2, 0) is 24.2 Å². The summed E-state index contributed by atoms with van der Waals surface area (Å²) >= 11 is 0. The average Bonchev–Trinajstić information content (AvgIpc) is 2.62. The number of benzene rings is 1. The molecule has 0 bridgehead atoms. The number of carbonyl (C=O) groups excluding carboxylic acids is 3. The number of nitro benzene ring substituents is 1. The summed E-state index contributed by atoms with van der Waals surface area (Å²) in [6, 6.07) is 4.98. The van der Waals surface area contributed by atoms with Gasteiger partial charge in [-0.3, -0.25) is 24.5 Å². The second-order valence-corrected chi connectivity index (χ2v) is 8.96. The highest BCUT2D eigenvalue weighted by atomic mass is 32.2. The third-order valence-corrected chi connectivity index (χ3v) is 6.36. The van der Waals surface area contributed by atoms with E-state index >= 15 is 0 Å². The third kappa shape index (κ3) is 4.01. The lowest BCUT2D eigenvalue weighted by Crippen LogP contribution is -2.36. The van der Waals surface area contributed by atoms with Crippen molar-refractivity contribution in [2.45, 2.75) is 26.7 Å². The van der Waals surface area contributed by atoms with Crippen molar-refractivity contribution in [1.29, 1.82) is 0 Å². The van der Waals surface area contributed by atoms with Crippen molar-refractivity contribution < 1.29 is 32.5 Å². The van der Waals surface area contributed by atoms with Crippen LogP contribution in [0.15, 0.2) is 34.7 Å². The minimum atomic E-state index is -4.32. The van der Waals surface area contributed by atoms with Crippen molar-refractivity contribution in [2.24, 2.45) is 5.41 Å². The largest absolute Gasteiger partial charge is 0.468 e. The Morgan fingerprint density at radius 3 is 2.43 bits per heavy atom. The first-order valence-electron chi connectivity index (χ1n) is 8.28. The maximum Gasteiger partial charge on any atom is 0.321 e. The zero-order valence-electron chi connectivity index (χ0n) is 15.6. The van der Waals surface area contributed by atoms with Gasteiger partial charge in [-0.2, -0.15) is 0 Å². The molecule has 1 aliphatic rings. The van der Waals surface area contributed by atoms with Crippen LogP contribution in [0.4, 0.5) is 5.69 Å². The number of Topliss-reactive ketones (excluding diaryl/α,β-unsaturated/α-hetero) is 2. The lowest BCUT2D eigenvalue weighted by Gasteiger charge is -2.30. The minimum Gasteiger partial charge on any atom is -0.468 e. The van der Waals surface area contributed by atoms with E-state index < -0.39 is 59.6 Å².